The lowest BCUT2D eigenvalue weighted by atomic mass is 10.0. The van der Waals surface area contributed by atoms with E-state index in [9.17, 15) is 34.2 Å². The van der Waals surface area contributed by atoms with Crippen LogP contribution in [0.15, 0.2) is 36.4 Å². The number of carboxylic acid groups (broad SMARTS) is 2. The summed E-state index contributed by atoms with van der Waals surface area (Å²) < 4.78 is 9.21. The average molecular weight is 488 g/mol. The van der Waals surface area contributed by atoms with Crippen LogP contribution >= 0.6 is 0 Å². The number of methoxy groups -OCH3 is 2. The topological polar surface area (TPSA) is 178 Å². The molecule has 2 aromatic carbocycles. The largest absolute Gasteiger partial charge is 0.478 e. The van der Waals surface area contributed by atoms with Gasteiger partial charge in [0.1, 0.15) is 0 Å². The number of hydroxylamine groups is 1. The van der Waals surface area contributed by atoms with Gasteiger partial charge in [0.2, 0.25) is 0 Å². The third kappa shape index (κ3) is 7.35. The number of amides is 1. The van der Waals surface area contributed by atoms with Crippen LogP contribution in [0.5, 0.6) is 0 Å². The fraction of sp³-hybridized carbons (Fsp3) is 0.261. The molecule has 12 nitrogen and oxygen atoms in total. The van der Waals surface area contributed by atoms with Crippen molar-refractivity contribution in [3.05, 3.63) is 69.8 Å². The Morgan fingerprint density at radius 1 is 0.771 bits per heavy atom. The van der Waals surface area contributed by atoms with Crippen molar-refractivity contribution in [2.24, 2.45) is 0 Å². The van der Waals surface area contributed by atoms with Gasteiger partial charge in [-0.1, -0.05) is 0 Å². The Hall–Kier alpha value is -4.29. The highest BCUT2D eigenvalue weighted by Gasteiger charge is 2.19. The third-order valence-electron chi connectivity index (χ3n) is 4.74. The van der Waals surface area contributed by atoms with Gasteiger partial charge in [-0.05, 0) is 48.4 Å². The van der Waals surface area contributed by atoms with Crippen molar-refractivity contribution in [3.63, 3.8) is 0 Å². The highest BCUT2D eigenvalue weighted by atomic mass is 16.6. The molecule has 1 amide bonds. The van der Waals surface area contributed by atoms with Crippen molar-refractivity contribution in [2.75, 3.05) is 27.3 Å². The fourth-order valence-electron chi connectivity index (χ4n) is 2.99. The van der Waals surface area contributed by atoms with Gasteiger partial charge in [-0.3, -0.25) is 9.63 Å². The molecule has 2 rings (SSSR count). The molecule has 0 heterocycles. The summed E-state index contributed by atoms with van der Waals surface area (Å²) in [5.41, 5.74) is 2.61. The zero-order valence-electron chi connectivity index (χ0n) is 19.0. The number of carboxylic acids is 2. The smallest absolute Gasteiger partial charge is 0.337 e. The lowest BCUT2D eigenvalue weighted by Crippen LogP contribution is -2.29. The van der Waals surface area contributed by atoms with E-state index >= 15 is 0 Å². The molecule has 0 bridgehead atoms. The van der Waals surface area contributed by atoms with Gasteiger partial charge in [0.05, 0.1) is 48.6 Å². The number of esters is 2. The van der Waals surface area contributed by atoms with Crippen molar-refractivity contribution in [1.29, 1.82) is 0 Å². The van der Waals surface area contributed by atoms with Crippen molar-refractivity contribution >= 4 is 29.8 Å². The molecule has 186 valence electrons. The molecule has 0 unspecified atom stereocenters. The predicted molar refractivity (Wildman–Crippen MR) is 119 cm³/mol. The monoisotopic (exact) mass is 488 g/mol. The number of nitrogens with one attached hydrogen (secondary N) is 2. The minimum Gasteiger partial charge on any atom is -0.478 e. The number of aromatic carboxylic acids is 2. The zero-order valence-corrected chi connectivity index (χ0v) is 19.0. The van der Waals surface area contributed by atoms with E-state index in [1.54, 1.807) is 0 Å². The molecule has 0 atom stereocenters. The predicted octanol–water partition coefficient (Wildman–Crippen LogP) is 1.50. The summed E-state index contributed by atoms with van der Waals surface area (Å²) in [5.74, 6) is -4.51. The molecule has 0 fully saturated rings. The van der Waals surface area contributed by atoms with Crippen LogP contribution in [0.4, 0.5) is 0 Å². The molecule has 0 spiro atoms. The van der Waals surface area contributed by atoms with Crippen LogP contribution in [0.1, 0.15) is 63.8 Å². The molecule has 35 heavy (non-hydrogen) atoms. The van der Waals surface area contributed by atoms with E-state index < -0.39 is 29.8 Å². The van der Waals surface area contributed by atoms with Gasteiger partial charge in [0.15, 0.2) is 0 Å². The van der Waals surface area contributed by atoms with Crippen LogP contribution in [-0.4, -0.2) is 67.3 Å². The Kier molecular flexibility index (Phi) is 9.87. The Bertz CT molecular complexity index is 1130. The molecule has 0 radical (unpaired) electrons. The molecule has 0 aliphatic carbocycles. The Balaban J connectivity index is 1.87. The molecule has 0 aromatic heterocycles. The molecular weight excluding hydrogens is 464 g/mol. The quantitative estimate of drug-likeness (QED) is 0.193. The third-order valence-corrected chi connectivity index (χ3v) is 4.74. The van der Waals surface area contributed by atoms with Crippen LogP contribution in [0.3, 0.4) is 0 Å². The number of rotatable bonds is 12. The lowest BCUT2D eigenvalue weighted by Gasteiger charge is -2.11. The first-order valence-electron chi connectivity index (χ1n) is 10.2. The van der Waals surface area contributed by atoms with Crippen molar-refractivity contribution in [2.45, 2.75) is 13.0 Å². The van der Waals surface area contributed by atoms with Gasteiger partial charge < -0.3 is 25.0 Å². The molecule has 12 heteroatoms. The van der Waals surface area contributed by atoms with E-state index in [0.717, 1.165) is 12.1 Å². The van der Waals surface area contributed by atoms with Crippen molar-refractivity contribution in [3.8, 4) is 0 Å². The van der Waals surface area contributed by atoms with E-state index in [-0.39, 0.29) is 53.1 Å². The maximum absolute atomic E-state index is 12.4. The Labute approximate surface area is 199 Å². The standard InChI is InChI=1S/C23H24N2O10/c1-33-22(31)13-4-6-16(20(27)28)15(10-13)12-35-25-9-3-8-24-19(26)18-11-14(23(32)34-2)5-7-17(18)21(29)30/h4-7,10-11,25H,3,8-9,12H2,1-2H3,(H,24,26)(H,27,28)(H,29,30). The van der Waals surface area contributed by atoms with Crippen LogP contribution < -0.4 is 10.8 Å². The van der Waals surface area contributed by atoms with Crippen LogP contribution in [0, 0.1) is 0 Å². The molecule has 2 aromatic rings. The van der Waals surface area contributed by atoms with E-state index in [2.05, 4.69) is 20.3 Å². The molecule has 0 aliphatic heterocycles. The minimum atomic E-state index is -1.32. The molecule has 0 saturated carbocycles. The molecule has 0 aliphatic rings. The first-order valence-corrected chi connectivity index (χ1v) is 10.2. The van der Waals surface area contributed by atoms with Crippen LogP contribution in [0.25, 0.3) is 0 Å². The molecule has 4 N–H and O–H groups in total. The normalized spacial score (nSPS) is 10.3. The number of carbonyl (C=O) groups is 5. The summed E-state index contributed by atoms with van der Waals surface area (Å²) >= 11 is 0. The second-order valence-corrected chi connectivity index (χ2v) is 7.02. The maximum Gasteiger partial charge on any atom is 0.337 e. The first kappa shape index (κ1) is 27.0. The summed E-state index contributed by atoms with van der Waals surface area (Å²) in [7, 11) is 2.38. The lowest BCUT2D eigenvalue weighted by molar-refractivity contribution is 0.0266. The highest BCUT2D eigenvalue weighted by molar-refractivity contribution is 6.06. The van der Waals surface area contributed by atoms with Gasteiger partial charge >= 0.3 is 23.9 Å². The summed E-state index contributed by atoms with van der Waals surface area (Å²) in [6.45, 7) is 0.253. The van der Waals surface area contributed by atoms with Gasteiger partial charge in [-0.2, -0.15) is 0 Å². The average Bonchev–Trinajstić information content (AvgIpc) is 2.86. The number of benzene rings is 2. The van der Waals surface area contributed by atoms with Gasteiger partial charge in [0.25, 0.3) is 5.91 Å². The van der Waals surface area contributed by atoms with E-state index in [1.165, 1.54) is 38.5 Å². The van der Waals surface area contributed by atoms with Gasteiger partial charge in [-0.25, -0.2) is 24.7 Å². The van der Waals surface area contributed by atoms with Crippen molar-refractivity contribution in [1.82, 2.24) is 10.8 Å². The summed E-state index contributed by atoms with van der Waals surface area (Å²) in [5, 5.41) is 21.1. The second kappa shape index (κ2) is 12.8. The SMILES string of the molecule is COC(=O)c1ccc(C(=O)O)c(CONCCCNC(=O)c2cc(C(=O)OC)ccc2C(=O)O)c1. The molecule has 0 saturated heterocycles. The van der Waals surface area contributed by atoms with E-state index in [1.807, 2.05) is 0 Å². The van der Waals surface area contributed by atoms with Crippen LogP contribution in [-0.2, 0) is 20.9 Å². The van der Waals surface area contributed by atoms with Gasteiger partial charge in [-0.15, -0.1) is 0 Å². The first-order chi connectivity index (χ1) is 16.7. The Morgan fingerprint density at radius 3 is 1.91 bits per heavy atom. The minimum absolute atomic E-state index is 0.0323. The number of ether oxygens (including phenoxy) is 2. The number of hydrogen-bond donors (Lipinski definition) is 4. The zero-order chi connectivity index (χ0) is 26.0. The summed E-state index contributed by atoms with van der Waals surface area (Å²) in [6.07, 6.45) is 0.374. The highest BCUT2D eigenvalue weighted by Crippen LogP contribution is 2.15. The summed E-state index contributed by atoms with van der Waals surface area (Å²) in [4.78, 5) is 63.8. The van der Waals surface area contributed by atoms with Crippen LogP contribution in [0.2, 0.25) is 0 Å². The maximum atomic E-state index is 12.4. The van der Waals surface area contributed by atoms with E-state index in [0.29, 0.717) is 6.42 Å². The fourth-order valence-corrected chi connectivity index (χ4v) is 2.99. The second-order valence-electron chi connectivity index (χ2n) is 7.02. The number of hydrogen-bond acceptors (Lipinski definition) is 9. The van der Waals surface area contributed by atoms with E-state index in [4.69, 9.17) is 4.84 Å². The Morgan fingerprint density at radius 2 is 1.34 bits per heavy atom. The summed E-state index contributed by atoms with van der Waals surface area (Å²) in [6, 6.07) is 7.53. The molecular formula is C23H24N2O10. The van der Waals surface area contributed by atoms with Crippen molar-refractivity contribution < 1.29 is 48.5 Å². The number of carbonyl (C=O) groups excluding carboxylic acids is 3. The van der Waals surface area contributed by atoms with Gasteiger partial charge in [0, 0.05) is 13.1 Å².